The number of hydrogen-bond donors (Lipinski definition) is 3. The van der Waals surface area contributed by atoms with Crippen LogP contribution >= 0.6 is 0 Å². The van der Waals surface area contributed by atoms with Gasteiger partial charge in [-0.3, -0.25) is 14.9 Å². The lowest BCUT2D eigenvalue weighted by Crippen LogP contribution is -2.37. The molecule has 5 rings (SSSR count). The van der Waals surface area contributed by atoms with Gasteiger partial charge in [-0.1, -0.05) is 6.07 Å². The van der Waals surface area contributed by atoms with E-state index in [-0.39, 0.29) is 42.3 Å². The van der Waals surface area contributed by atoms with Crippen LogP contribution in [0.5, 0.6) is 0 Å². The third kappa shape index (κ3) is 5.11. The van der Waals surface area contributed by atoms with Crippen molar-refractivity contribution >= 4 is 17.8 Å². The molecule has 0 spiro atoms. The first-order valence-electron chi connectivity index (χ1n) is 11.6. The number of amides is 2. The molecule has 3 atom stereocenters. The number of nitrogens with zero attached hydrogens (tertiary/aromatic N) is 3. The molecular weight excluding hydrogens is 424 g/mol. The minimum absolute atomic E-state index is 0.0341. The number of carbonyl (C=O) groups is 2. The van der Waals surface area contributed by atoms with E-state index in [9.17, 15) is 9.59 Å². The number of rotatable bonds is 7. The molecule has 0 radical (unpaired) electrons. The molecule has 4 heterocycles. The number of aromatic amines is 1. The lowest BCUT2D eigenvalue weighted by molar-refractivity contribution is -0.130. The van der Waals surface area contributed by atoms with Crippen LogP contribution in [0.3, 0.4) is 0 Å². The fourth-order valence-electron chi connectivity index (χ4n) is 4.48. The Morgan fingerprint density at radius 3 is 3.06 bits per heavy atom. The van der Waals surface area contributed by atoms with Crippen LogP contribution in [0, 0.1) is 0 Å². The molecule has 10 nitrogen and oxygen atoms in total. The Bertz CT molecular complexity index is 992. The summed E-state index contributed by atoms with van der Waals surface area (Å²) < 4.78 is 11.3. The lowest BCUT2D eigenvalue weighted by Gasteiger charge is -2.25. The quantitative estimate of drug-likeness (QED) is 0.588. The van der Waals surface area contributed by atoms with E-state index in [1.807, 2.05) is 36.2 Å². The molecule has 0 aromatic carbocycles. The number of anilines is 1. The van der Waals surface area contributed by atoms with Gasteiger partial charge >= 0.3 is 6.09 Å². The SMILES string of the molecule is CC1(NC(=O)O[C@@H]2CO[C@H](c3cc(NCC(=O)N4CCC[C@@H]4c4cccnc4)n[nH]3)C2)CC1. The largest absolute Gasteiger partial charge is 0.444 e. The lowest BCUT2D eigenvalue weighted by atomic mass is 10.1. The highest BCUT2D eigenvalue weighted by atomic mass is 16.6. The Morgan fingerprint density at radius 1 is 1.39 bits per heavy atom. The Hall–Kier alpha value is -3.14. The highest BCUT2D eigenvalue weighted by Gasteiger charge is 2.40. The highest BCUT2D eigenvalue weighted by molar-refractivity contribution is 5.81. The van der Waals surface area contributed by atoms with Crippen LogP contribution in [0.4, 0.5) is 10.6 Å². The molecule has 3 aliphatic rings. The number of H-pyrrole nitrogens is 1. The number of aromatic nitrogens is 3. The van der Waals surface area contributed by atoms with E-state index in [1.165, 1.54) is 0 Å². The number of nitrogens with one attached hydrogen (secondary N) is 3. The number of ether oxygens (including phenoxy) is 2. The van der Waals surface area contributed by atoms with E-state index >= 15 is 0 Å². The van der Waals surface area contributed by atoms with Gasteiger partial charge in [0.2, 0.25) is 5.91 Å². The van der Waals surface area contributed by atoms with Crippen LogP contribution in [0.1, 0.15) is 62.4 Å². The van der Waals surface area contributed by atoms with E-state index in [2.05, 4.69) is 25.8 Å². The van der Waals surface area contributed by atoms with E-state index in [1.54, 1.807) is 6.20 Å². The maximum absolute atomic E-state index is 12.8. The minimum atomic E-state index is -0.388. The molecule has 2 aliphatic heterocycles. The second-order valence-corrected chi connectivity index (χ2v) is 9.36. The van der Waals surface area contributed by atoms with Crippen molar-refractivity contribution in [1.82, 2.24) is 25.4 Å². The summed E-state index contributed by atoms with van der Waals surface area (Å²) in [6.07, 6.45) is 7.13. The first-order valence-corrected chi connectivity index (χ1v) is 11.6. The van der Waals surface area contributed by atoms with Gasteiger partial charge < -0.3 is 25.0 Å². The number of alkyl carbamates (subject to hydrolysis) is 1. The molecule has 1 aliphatic carbocycles. The summed E-state index contributed by atoms with van der Waals surface area (Å²) >= 11 is 0. The van der Waals surface area contributed by atoms with Crippen LogP contribution in [0.15, 0.2) is 30.6 Å². The van der Waals surface area contributed by atoms with Gasteiger partial charge in [0.05, 0.1) is 24.9 Å². The third-order valence-electron chi connectivity index (χ3n) is 6.65. The Balaban J connectivity index is 1.10. The Labute approximate surface area is 192 Å². The van der Waals surface area contributed by atoms with E-state index in [4.69, 9.17) is 9.47 Å². The van der Waals surface area contributed by atoms with Crippen molar-refractivity contribution in [2.24, 2.45) is 0 Å². The first kappa shape index (κ1) is 21.7. The normalized spacial score (nSPS) is 25.6. The monoisotopic (exact) mass is 454 g/mol. The molecule has 10 heteroatoms. The van der Waals surface area contributed by atoms with E-state index < -0.39 is 0 Å². The van der Waals surface area contributed by atoms with Gasteiger partial charge in [0, 0.05) is 37.0 Å². The highest BCUT2D eigenvalue weighted by Crippen LogP contribution is 2.35. The molecule has 2 aromatic heterocycles. The van der Waals surface area contributed by atoms with Crippen LogP contribution < -0.4 is 10.6 Å². The zero-order valence-electron chi connectivity index (χ0n) is 18.8. The minimum Gasteiger partial charge on any atom is -0.444 e. The van der Waals surface area contributed by atoms with Crippen molar-refractivity contribution in [2.45, 2.75) is 62.8 Å². The van der Waals surface area contributed by atoms with Crippen molar-refractivity contribution in [1.29, 1.82) is 0 Å². The summed E-state index contributed by atoms with van der Waals surface area (Å²) in [5.41, 5.74) is 1.75. The smallest absolute Gasteiger partial charge is 0.407 e. The molecule has 3 fully saturated rings. The summed E-state index contributed by atoms with van der Waals surface area (Å²) in [6, 6.07) is 5.84. The van der Waals surface area contributed by atoms with E-state index in [0.29, 0.717) is 18.8 Å². The average molecular weight is 455 g/mol. The van der Waals surface area contributed by atoms with Crippen molar-refractivity contribution in [3.63, 3.8) is 0 Å². The summed E-state index contributed by atoms with van der Waals surface area (Å²) in [5, 5.41) is 13.2. The maximum Gasteiger partial charge on any atom is 0.407 e. The molecule has 33 heavy (non-hydrogen) atoms. The summed E-state index contributed by atoms with van der Waals surface area (Å²) in [5.74, 6) is 0.620. The summed E-state index contributed by atoms with van der Waals surface area (Å²) in [7, 11) is 0. The van der Waals surface area contributed by atoms with Gasteiger partial charge in [-0.2, -0.15) is 5.10 Å². The second kappa shape index (κ2) is 9.01. The van der Waals surface area contributed by atoms with Crippen molar-refractivity contribution < 1.29 is 19.1 Å². The average Bonchev–Trinajstić information content (AvgIpc) is 3.27. The van der Waals surface area contributed by atoms with Gasteiger partial charge in [-0.05, 0) is 44.2 Å². The number of carbonyl (C=O) groups excluding carboxylic acids is 2. The molecule has 3 N–H and O–H groups in total. The number of hydrogen-bond acceptors (Lipinski definition) is 7. The topological polar surface area (TPSA) is 121 Å². The predicted molar refractivity (Wildman–Crippen MR) is 119 cm³/mol. The first-order chi connectivity index (χ1) is 16.0. The molecule has 0 unspecified atom stereocenters. The Kier molecular flexibility index (Phi) is 5.92. The molecule has 0 bridgehead atoms. The third-order valence-corrected chi connectivity index (χ3v) is 6.65. The number of pyridine rings is 1. The molecule has 1 saturated carbocycles. The van der Waals surface area contributed by atoms with Crippen molar-refractivity contribution in [3.8, 4) is 0 Å². The molecular formula is C23H30N6O4. The zero-order chi connectivity index (χ0) is 22.8. The second-order valence-electron chi connectivity index (χ2n) is 9.36. The Morgan fingerprint density at radius 2 is 2.27 bits per heavy atom. The van der Waals surface area contributed by atoms with Gasteiger partial charge in [0.15, 0.2) is 0 Å². The van der Waals surface area contributed by atoms with Crippen molar-refractivity contribution in [2.75, 3.05) is 25.0 Å². The zero-order valence-corrected chi connectivity index (χ0v) is 18.8. The molecule has 176 valence electrons. The number of likely N-dealkylation sites (tertiary alicyclic amines) is 1. The molecule has 2 aromatic rings. The summed E-state index contributed by atoms with van der Waals surface area (Å²) in [6.45, 7) is 3.27. The summed E-state index contributed by atoms with van der Waals surface area (Å²) in [4.78, 5) is 31.0. The van der Waals surface area contributed by atoms with Gasteiger partial charge in [-0.15, -0.1) is 0 Å². The van der Waals surface area contributed by atoms with Crippen LogP contribution in [-0.4, -0.2) is 63.4 Å². The van der Waals surface area contributed by atoms with Gasteiger partial charge in [0.1, 0.15) is 18.0 Å². The fraction of sp³-hybridized carbons (Fsp3) is 0.565. The standard InChI is InChI=1S/C23H30N6O4/c1-23(6-7-23)26-22(31)33-16-10-19(32-14-16)17-11-20(28-27-17)25-13-21(30)29-9-3-5-18(29)15-4-2-8-24-12-15/h2,4,8,11-12,16,18-19H,3,5-7,9-10,13-14H2,1H3,(H,26,31)(H2,25,27,28)/t16-,18+,19-/m0/s1. The predicted octanol–water partition coefficient (Wildman–Crippen LogP) is 2.69. The fourth-order valence-corrected chi connectivity index (χ4v) is 4.48. The maximum atomic E-state index is 12.8. The van der Waals surface area contributed by atoms with Gasteiger partial charge in [-0.25, -0.2) is 4.79 Å². The molecule has 2 amide bonds. The van der Waals surface area contributed by atoms with Crippen LogP contribution in [0.2, 0.25) is 0 Å². The van der Waals surface area contributed by atoms with Crippen molar-refractivity contribution in [3.05, 3.63) is 41.9 Å². The van der Waals surface area contributed by atoms with E-state index in [0.717, 1.165) is 43.5 Å². The molecule has 2 saturated heterocycles. The van der Waals surface area contributed by atoms with Crippen LogP contribution in [0.25, 0.3) is 0 Å². The van der Waals surface area contributed by atoms with Crippen LogP contribution in [-0.2, 0) is 14.3 Å². The van der Waals surface area contributed by atoms with Gasteiger partial charge in [0.25, 0.3) is 0 Å².